The highest BCUT2D eigenvalue weighted by Crippen LogP contribution is 2.12. The SMILES string of the molecule is CCOC(=O)c1ccc(OCCO)cc1. The van der Waals surface area contributed by atoms with Gasteiger partial charge in [0.25, 0.3) is 0 Å². The van der Waals surface area contributed by atoms with Gasteiger partial charge in [-0.2, -0.15) is 0 Å². The number of carbonyl (C=O) groups is 1. The zero-order valence-electron chi connectivity index (χ0n) is 8.60. The first-order valence-corrected chi connectivity index (χ1v) is 4.78. The molecule has 4 heteroatoms. The lowest BCUT2D eigenvalue weighted by atomic mass is 10.2. The average Bonchev–Trinajstić information content (AvgIpc) is 2.27. The minimum atomic E-state index is -0.341. The van der Waals surface area contributed by atoms with Gasteiger partial charge in [-0.15, -0.1) is 0 Å². The number of aliphatic hydroxyl groups excluding tert-OH is 1. The lowest BCUT2D eigenvalue weighted by Crippen LogP contribution is -2.05. The van der Waals surface area contributed by atoms with E-state index in [-0.39, 0.29) is 19.2 Å². The van der Waals surface area contributed by atoms with Crippen LogP contribution in [0.2, 0.25) is 0 Å². The number of hydrogen-bond donors (Lipinski definition) is 1. The summed E-state index contributed by atoms with van der Waals surface area (Å²) in [4.78, 5) is 11.3. The summed E-state index contributed by atoms with van der Waals surface area (Å²) in [6.07, 6.45) is 0. The van der Waals surface area contributed by atoms with Gasteiger partial charge < -0.3 is 14.6 Å². The van der Waals surface area contributed by atoms with Crippen molar-refractivity contribution in [1.82, 2.24) is 0 Å². The summed E-state index contributed by atoms with van der Waals surface area (Å²) in [5.41, 5.74) is 0.494. The van der Waals surface area contributed by atoms with Crippen molar-refractivity contribution in [3.8, 4) is 5.75 Å². The van der Waals surface area contributed by atoms with Crippen LogP contribution in [-0.4, -0.2) is 30.9 Å². The molecule has 4 nitrogen and oxygen atoms in total. The first-order chi connectivity index (χ1) is 7.27. The number of esters is 1. The quantitative estimate of drug-likeness (QED) is 0.743. The maximum atomic E-state index is 11.3. The molecule has 0 spiro atoms. The number of hydrogen-bond acceptors (Lipinski definition) is 4. The lowest BCUT2D eigenvalue weighted by molar-refractivity contribution is 0.0526. The fourth-order valence-electron chi connectivity index (χ4n) is 1.07. The number of carbonyl (C=O) groups excluding carboxylic acids is 1. The molecule has 1 aromatic carbocycles. The van der Waals surface area contributed by atoms with Crippen molar-refractivity contribution in [3.63, 3.8) is 0 Å². The van der Waals surface area contributed by atoms with Gasteiger partial charge in [0.05, 0.1) is 18.8 Å². The van der Waals surface area contributed by atoms with Crippen molar-refractivity contribution in [2.45, 2.75) is 6.92 Å². The van der Waals surface area contributed by atoms with Crippen LogP contribution in [-0.2, 0) is 4.74 Å². The molecule has 0 amide bonds. The van der Waals surface area contributed by atoms with E-state index in [1.54, 1.807) is 31.2 Å². The Balaban J connectivity index is 2.59. The second-order valence-electron chi connectivity index (χ2n) is 2.82. The van der Waals surface area contributed by atoms with Crippen LogP contribution >= 0.6 is 0 Å². The van der Waals surface area contributed by atoms with Crippen LogP contribution in [0, 0.1) is 0 Å². The van der Waals surface area contributed by atoms with Gasteiger partial charge in [0.15, 0.2) is 0 Å². The van der Waals surface area contributed by atoms with E-state index in [9.17, 15) is 4.79 Å². The highest BCUT2D eigenvalue weighted by Gasteiger charge is 2.05. The fourth-order valence-corrected chi connectivity index (χ4v) is 1.07. The van der Waals surface area contributed by atoms with Crippen molar-refractivity contribution < 1.29 is 19.4 Å². The van der Waals surface area contributed by atoms with Gasteiger partial charge in [-0.05, 0) is 31.2 Å². The van der Waals surface area contributed by atoms with E-state index in [1.165, 1.54) is 0 Å². The van der Waals surface area contributed by atoms with Crippen LogP contribution in [0.25, 0.3) is 0 Å². The Morgan fingerprint density at radius 1 is 1.33 bits per heavy atom. The first kappa shape index (κ1) is 11.5. The van der Waals surface area contributed by atoms with E-state index in [1.807, 2.05) is 0 Å². The minimum absolute atomic E-state index is 0.0281. The molecule has 0 saturated heterocycles. The third-order valence-electron chi connectivity index (χ3n) is 1.73. The molecule has 0 aliphatic carbocycles. The molecule has 0 aliphatic heterocycles. The van der Waals surface area contributed by atoms with Crippen molar-refractivity contribution >= 4 is 5.97 Å². The first-order valence-electron chi connectivity index (χ1n) is 4.78. The van der Waals surface area contributed by atoms with Gasteiger partial charge in [-0.25, -0.2) is 4.79 Å². The van der Waals surface area contributed by atoms with Crippen LogP contribution in [0.5, 0.6) is 5.75 Å². The van der Waals surface area contributed by atoms with E-state index in [0.717, 1.165) is 0 Å². The lowest BCUT2D eigenvalue weighted by Gasteiger charge is -2.05. The van der Waals surface area contributed by atoms with Crippen molar-refractivity contribution in [2.24, 2.45) is 0 Å². The maximum Gasteiger partial charge on any atom is 0.338 e. The summed E-state index contributed by atoms with van der Waals surface area (Å²) < 4.78 is 9.98. The molecule has 1 aromatic rings. The zero-order chi connectivity index (χ0) is 11.1. The monoisotopic (exact) mass is 210 g/mol. The largest absolute Gasteiger partial charge is 0.491 e. The molecule has 0 heterocycles. The van der Waals surface area contributed by atoms with Gasteiger partial charge >= 0.3 is 5.97 Å². The molecule has 0 saturated carbocycles. The summed E-state index contributed by atoms with van der Waals surface area (Å²) in [7, 11) is 0. The number of ether oxygens (including phenoxy) is 2. The Hall–Kier alpha value is -1.55. The van der Waals surface area contributed by atoms with Crippen LogP contribution in [0.3, 0.4) is 0 Å². The maximum absolute atomic E-state index is 11.3. The van der Waals surface area contributed by atoms with Crippen molar-refractivity contribution in [3.05, 3.63) is 29.8 Å². The smallest absolute Gasteiger partial charge is 0.338 e. The third kappa shape index (κ3) is 3.59. The van der Waals surface area contributed by atoms with E-state index in [0.29, 0.717) is 17.9 Å². The number of aliphatic hydroxyl groups is 1. The topological polar surface area (TPSA) is 55.8 Å². The molecule has 0 bridgehead atoms. The summed E-state index contributed by atoms with van der Waals surface area (Å²) in [6, 6.07) is 6.60. The number of rotatable bonds is 5. The van der Waals surface area contributed by atoms with Gasteiger partial charge in [0.2, 0.25) is 0 Å². The number of benzene rings is 1. The normalized spacial score (nSPS) is 9.73. The molecule has 82 valence electrons. The molecule has 0 atom stereocenters. The minimum Gasteiger partial charge on any atom is -0.491 e. The molecule has 1 rings (SSSR count). The molecular weight excluding hydrogens is 196 g/mol. The third-order valence-corrected chi connectivity index (χ3v) is 1.73. The summed E-state index contributed by atoms with van der Waals surface area (Å²) >= 11 is 0. The van der Waals surface area contributed by atoms with E-state index in [2.05, 4.69) is 0 Å². The van der Waals surface area contributed by atoms with Crippen molar-refractivity contribution in [1.29, 1.82) is 0 Å². The Morgan fingerprint density at radius 2 is 2.00 bits per heavy atom. The Morgan fingerprint density at radius 3 is 2.53 bits per heavy atom. The highest BCUT2D eigenvalue weighted by atomic mass is 16.5. The van der Waals surface area contributed by atoms with Gasteiger partial charge in [-0.3, -0.25) is 0 Å². The molecule has 1 N–H and O–H groups in total. The standard InChI is InChI=1S/C11H14O4/c1-2-14-11(13)9-3-5-10(6-4-9)15-8-7-12/h3-6,12H,2,7-8H2,1H3. The van der Waals surface area contributed by atoms with E-state index in [4.69, 9.17) is 14.6 Å². The fraction of sp³-hybridized carbons (Fsp3) is 0.364. The summed E-state index contributed by atoms with van der Waals surface area (Å²) in [6.45, 7) is 2.34. The van der Waals surface area contributed by atoms with Crippen LogP contribution in [0.15, 0.2) is 24.3 Å². The summed E-state index contributed by atoms with van der Waals surface area (Å²) in [5.74, 6) is 0.281. The predicted molar refractivity (Wildman–Crippen MR) is 55.0 cm³/mol. The van der Waals surface area contributed by atoms with Crippen LogP contribution in [0.4, 0.5) is 0 Å². The average molecular weight is 210 g/mol. The van der Waals surface area contributed by atoms with Gasteiger partial charge in [-0.1, -0.05) is 0 Å². The Bertz CT molecular complexity index is 305. The van der Waals surface area contributed by atoms with Gasteiger partial charge in [0.1, 0.15) is 12.4 Å². The second-order valence-corrected chi connectivity index (χ2v) is 2.82. The highest BCUT2D eigenvalue weighted by molar-refractivity contribution is 5.89. The van der Waals surface area contributed by atoms with Crippen molar-refractivity contribution in [2.75, 3.05) is 19.8 Å². The molecule has 0 unspecified atom stereocenters. The molecule has 0 radical (unpaired) electrons. The molecule has 0 aromatic heterocycles. The Labute approximate surface area is 88.4 Å². The molecule has 15 heavy (non-hydrogen) atoms. The van der Waals surface area contributed by atoms with Crippen LogP contribution < -0.4 is 4.74 Å². The zero-order valence-corrected chi connectivity index (χ0v) is 8.60. The molecule has 0 fully saturated rings. The van der Waals surface area contributed by atoms with Gasteiger partial charge in [0, 0.05) is 0 Å². The van der Waals surface area contributed by atoms with E-state index < -0.39 is 0 Å². The summed E-state index contributed by atoms with van der Waals surface area (Å²) in [5, 5.41) is 8.54. The second kappa shape index (κ2) is 6.03. The molecule has 0 aliphatic rings. The van der Waals surface area contributed by atoms with E-state index >= 15 is 0 Å². The predicted octanol–water partition coefficient (Wildman–Crippen LogP) is 1.23. The Kier molecular flexibility index (Phi) is 4.63. The molecular formula is C11H14O4. The van der Waals surface area contributed by atoms with Crippen LogP contribution in [0.1, 0.15) is 17.3 Å².